The van der Waals surface area contributed by atoms with Gasteiger partial charge in [0.2, 0.25) is 10.0 Å². The molecule has 0 spiro atoms. The van der Waals surface area contributed by atoms with Gasteiger partial charge in [-0.25, -0.2) is 13.1 Å². The van der Waals surface area contributed by atoms with Crippen LogP contribution in [0.3, 0.4) is 0 Å². The summed E-state index contributed by atoms with van der Waals surface area (Å²) in [7, 11) is -3.47. The van der Waals surface area contributed by atoms with E-state index in [0.29, 0.717) is 18.0 Å². The van der Waals surface area contributed by atoms with Crippen LogP contribution < -0.4 is 4.72 Å². The fourth-order valence-corrected chi connectivity index (χ4v) is 4.30. The summed E-state index contributed by atoms with van der Waals surface area (Å²) in [6.07, 6.45) is 0.738. The van der Waals surface area contributed by atoms with Gasteiger partial charge in [0.1, 0.15) is 4.21 Å². The molecule has 1 aromatic carbocycles. The lowest BCUT2D eigenvalue weighted by Crippen LogP contribution is -2.25. The lowest BCUT2D eigenvalue weighted by Gasteiger charge is -2.12. The number of nitrogens with one attached hydrogen (secondary N) is 1. The number of hydrogen-bond donors (Lipinski definition) is 2. The fraction of sp³-hybridized carbons (Fsp3) is 0.333. The molecule has 114 valence electrons. The molecule has 2 rings (SSSR count). The van der Waals surface area contributed by atoms with E-state index in [2.05, 4.69) is 11.6 Å². The number of thiophene rings is 1. The Hall–Kier alpha value is -1.21. The maximum absolute atomic E-state index is 12.1. The van der Waals surface area contributed by atoms with E-state index < -0.39 is 10.0 Å². The third-order valence-corrected chi connectivity index (χ3v) is 6.26. The van der Waals surface area contributed by atoms with E-state index in [0.717, 1.165) is 17.8 Å². The number of sulfonamides is 1. The zero-order valence-electron chi connectivity index (χ0n) is 11.8. The molecule has 0 saturated carbocycles. The van der Waals surface area contributed by atoms with Gasteiger partial charge in [0.05, 0.1) is 6.61 Å². The van der Waals surface area contributed by atoms with Gasteiger partial charge in [0, 0.05) is 6.54 Å². The van der Waals surface area contributed by atoms with Crippen LogP contribution in [-0.4, -0.2) is 20.1 Å². The van der Waals surface area contributed by atoms with Crippen molar-refractivity contribution < 1.29 is 13.5 Å². The van der Waals surface area contributed by atoms with Crippen LogP contribution in [0.1, 0.15) is 30.4 Å². The van der Waals surface area contributed by atoms with E-state index in [1.54, 1.807) is 5.38 Å². The molecule has 0 bridgehead atoms. The molecular weight excluding hydrogens is 306 g/mol. The molecule has 0 aliphatic carbocycles. The SMILES string of the molecule is CC(CCNS(=O)(=O)c1cc(CO)cs1)c1ccccc1. The molecule has 1 aromatic heterocycles. The lowest BCUT2D eigenvalue weighted by molar-refractivity contribution is 0.282. The summed E-state index contributed by atoms with van der Waals surface area (Å²) in [5, 5.41) is 10.6. The van der Waals surface area contributed by atoms with Gasteiger partial charge in [-0.3, -0.25) is 0 Å². The molecule has 0 saturated heterocycles. The number of aliphatic hydroxyl groups excluding tert-OH is 1. The molecule has 1 atom stereocenters. The highest BCUT2D eigenvalue weighted by Crippen LogP contribution is 2.21. The third-order valence-electron chi connectivity index (χ3n) is 3.32. The first-order valence-corrected chi connectivity index (χ1v) is 9.12. The number of rotatable bonds is 7. The standard InChI is InChI=1S/C15H19NO3S2/c1-12(14-5-3-2-4-6-14)7-8-16-21(18,19)15-9-13(10-17)11-20-15/h2-6,9,11-12,16-17H,7-8,10H2,1H3. The van der Waals surface area contributed by atoms with Gasteiger partial charge >= 0.3 is 0 Å². The van der Waals surface area contributed by atoms with Crippen molar-refractivity contribution in [3.63, 3.8) is 0 Å². The Morgan fingerprint density at radius 2 is 2.00 bits per heavy atom. The van der Waals surface area contributed by atoms with Crippen LogP contribution in [0.15, 0.2) is 46.0 Å². The van der Waals surface area contributed by atoms with E-state index in [1.807, 2.05) is 30.3 Å². The highest BCUT2D eigenvalue weighted by atomic mass is 32.2. The van der Waals surface area contributed by atoms with Crippen molar-refractivity contribution >= 4 is 21.4 Å². The summed E-state index contributed by atoms with van der Waals surface area (Å²) in [5.74, 6) is 0.297. The van der Waals surface area contributed by atoms with Crippen molar-refractivity contribution in [2.45, 2.75) is 30.1 Å². The van der Waals surface area contributed by atoms with Crippen LogP contribution in [0.2, 0.25) is 0 Å². The first kappa shape index (κ1) is 16.2. The maximum Gasteiger partial charge on any atom is 0.250 e. The van der Waals surface area contributed by atoms with Gasteiger partial charge in [0.25, 0.3) is 0 Å². The summed E-state index contributed by atoms with van der Waals surface area (Å²) in [6.45, 7) is 2.33. The average Bonchev–Trinajstić information content (AvgIpc) is 2.98. The van der Waals surface area contributed by atoms with Gasteiger partial charge in [-0.15, -0.1) is 11.3 Å². The molecule has 21 heavy (non-hydrogen) atoms. The van der Waals surface area contributed by atoms with Gasteiger partial charge in [-0.2, -0.15) is 0 Å². The Labute approximate surface area is 129 Å². The zero-order valence-corrected chi connectivity index (χ0v) is 13.5. The molecule has 4 nitrogen and oxygen atoms in total. The molecule has 0 fully saturated rings. The second-order valence-electron chi connectivity index (χ2n) is 4.93. The van der Waals surface area contributed by atoms with Crippen LogP contribution in [0.25, 0.3) is 0 Å². The van der Waals surface area contributed by atoms with Crippen LogP contribution in [0.4, 0.5) is 0 Å². The highest BCUT2D eigenvalue weighted by molar-refractivity contribution is 7.91. The van der Waals surface area contributed by atoms with Crippen molar-refractivity contribution in [2.75, 3.05) is 6.54 Å². The number of benzene rings is 1. The summed E-state index contributed by atoms with van der Waals surface area (Å²) in [5.41, 5.74) is 1.83. The van der Waals surface area contributed by atoms with Crippen LogP contribution in [0.5, 0.6) is 0 Å². The lowest BCUT2D eigenvalue weighted by atomic mass is 9.98. The predicted molar refractivity (Wildman–Crippen MR) is 84.9 cm³/mol. The van der Waals surface area contributed by atoms with Crippen LogP contribution >= 0.6 is 11.3 Å². The second kappa shape index (κ2) is 7.17. The summed E-state index contributed by atoms with van der Waals surface area (Å²) in [4.78, 5) is 0. The average molecular weight is 325 g/mol. The third kappa shape index (κ3) is 4.38. The van der Waals surface area contributed by atoms with Crippen molar-refractivity contribution in [3.05, 3.63) is 52.9 Å². The monoisotopic (exact) mass is 325 g/mol. The highest BCUT2D eigenvalue weighted by Gasteiger charge is 2.16. The molecular formula is C15H19NO3S2. The molecule has 1 unspecified atom stereocenters. The summed E-state index contributed by atoms with van der Waals surface area (Å²) in [6, 6.07) is 11.5. The quantitative estimate of drug-likeness (QED) is 0.822. The molecule has 2 N–H and O–H groups in total. The van der Waals surface area contributed by atoms with E-state index >= 15 is 0 Å². The fourth-order valence-electron chi connectivity index (χ4n) is 2.01. The van der Waals surface area contributed by atoms with Crippen molar-refractivity contribution in [1.29, 1.82) is 0 Å². The van der Waals surface area contributed by atoms with Crippen molar-refractivity contribution in [1.82, 2.24) is 4.72 Å². The van der Waals surface area contributed by atoms with Crippen molar-refractivity contribution in [2.24, 2.45) is 0 Å². The Kier molecular flexibility index (Phi) is 5.52. The largest absolute Gasteiger partial charge is 0.392 e. The number of aliphatic hydroxyl groups is 1. The van der Waals surface area contributed by atoms with Crippen LogP contribution in [0, 0.1) is 0 Å². The first-order valence-electron chi connectivity index (χ1n) is 6.76. The Morgan fingerprint density at radius 1 is 1.29 bits per heavy atom. The minimum absolute atomic E-state index is 0.142. The molecule has 0 amide bonds. The van der Waals surface area contributed by atoms with Gasteiger partial charge in [0.15, 0.2) is 0 Å². The maximum atomic E-state index is 12.1. The zero-order chi connectivity index (χ0) is 15.3. The first-order chi connectivity index (χ1) is 10.0. The number of hydrogen-bond acceptors (Lipinski definition) is 4. The van der Waals surface area contributed by atoms with Gasteiger partial charge < -0.3 is 5.11 Å². The normalized spacial score (nSPS) is 13.2. The molecule has 1 heterocycles. The van der Waals surface area contributed by atoms with E-state index in [1.165, 1.54) is 11.6 Å². The summed E-state index contributed by atoms with van der Waals surface area (Å²) >= 11 is 1.13. The van der Waals surface area contributed by atoms with Gasteiger partial charge in [-0.1, -0.05) is 37.3 Å². The molecule has 0 radical (unpaired) electrons. The molecule has 0 aliphatic heterocycles. The molecule has 2 aromatic rings. The predicted octanol–water partition coefficient (Wildman–Crippen LogP) is 2.71. The Balaban J connectivity index is 1.90. The van der Waals surface area contributed by atoms with Gasteiger partial charge in [-0.05, 0) is 34.9 Å². The van der Waals surface area contributed by atoms with Crippen LogP contribution in [-0.2, 0) is 16.6 Å². The molecule has 6 heteroatoms. The minimum Gasteiger partial charge on any atom is -0.392 e. The second-order valence-corrected chi connectivity index (χ2v) is 7.84. The molecule has 0 aliphatic rings. The minimum atomic E-state index is -3.47. The van der Waals surface area contributed by atoms with E-state index in [4.69, 9.17) is 5.11 Å². The topological polar surface area (TPSA) is 66.4 Å². The van der Waals surface area contributed by atoms with E-state index in [-0.39, 0.29) is 10.8 Å². The smallest absolute Gasteiger partial charge is 0.250 e. The van der Waals surface area contributed by atoms with Crippen molar-refractivity contribution in [3.8, 4) is 0 Å². The Bertz CT molecular complexity index is 665. The van der Waals surface area contributed by atoms with E-state index in [9.17, 15) is 8.42 Å². The Morgan fingerprint density at radius 3 is 2.62 bits per heavy atom. The summed E-state index contributed by atoms with van der Waals surface area (Å²) < 4.78 is 27.1.